The van der Waals surface area contributed by atoms with E-state index in [0.29, 0.717) is 12.2 Å². The van der Waals surface area contributed by atoms with Gasteiger partial charge >= 0.3 is 0 Å². The number of hydrogen-bond donors (Lipinski definition) is 2. The molecule has 36 heavy (non-hydrogen) atoms. The number of anilines is 2. The van der Waals surface area contributed by atoms with E-state index in [1.807, 2.05) is 54.1 Å². The third-order valence-corrected chi connectivity index (χ3v) is 6.79. The summed E-state index contributed by atoms with van der Waals surface area (Å²) in [4.78, 5) is 18.6. The fraction of sp³-hybridized carbons (Fsp3) is 0.517. The van der Waals surface area contributed by atoms with Crippen molar-refractivity contribution in [2.24, 2.45) is 0 Å². The second-order valence-electron chi connectivity index (χ2n) is 9.52. The lowest BCUT2D eigenvalue weighted by molar-refractivity contribution is -0.211. The summed E-state index contributed by atoms with van der Waals surface area (Å²) < 4.78 is 17.6. The number of carbonyl (C=O) groups excluding carboxylic acids is 1. The highest BCUT2D eigenvalue weighted by Crippen LogP contribution is 2.41. The van der Waals surface area contributed by atoms with Crippen LogP contribution in [0, 0.1) is 6.92 Å². The lowest BCUT2D eigenvalue weighted by Crippen LogP contribution is -2.41. The molecule has 2 N–H and O–H groups in total. The Morgan fingerprint density at radius 3 is 2.39 bits per heavy atom. The van der Waals surface area contributed by atoms with Crippen LogP contribution in [0.3, 0.4) is 0 Å². The molecule has 1 fully saturated rings. The Kier molecular flexibility index (Phi) is 9.14. The van der Waals surface area contributed by atoms with Gasteiger partial charge < -0.3 is 24.8 Å². The summed E-state index contributed by atoms with van der Waals surface area (Å²) in [6, 6.07) is 4.11. The number of benzene rings is 1. The number of hydrogen-bond acceptors (Lipinski definition) is 7. The molecule has 196 valence electrons. The van der Waals surface area contributed by atoms with Gasteiger partial charge in [0.1, 0.15) is 5.60 Å². The topological polar surface area (TPSA) is 81.7 Å². The molecular formula is C29H41N3O4. The molecule has 0 radical (unpaired) electrons. The van der Waals surface area contributed by atoms with Crippen LogP contribution in [0.2, 0.25) is 0 Å². The Labute approximate surface area is 215 Å². The number of aromatic nitrogens is 1. The summed E-state index contributed by atoms with van der Waals surface area (Å²) in [6.07, 6.45) is 7.04. The minimum atomic E-state index is -1.03. The number of nitrogens with zero attached hydrogens (tertiary/aromatic N) is 1. The van der Waals surface area contributed by atoms with E-state index in [2.05, 4.69) is 29.7 Å². The molecule has 1 unspecified atom stereocenters. The van der Waals surface area contributed by atoms with Gasteiger partial charge in [-0.15, -0.1) is 0 Å². The molecular weight excluding hydrogens is 454 g/mol. The van der Waals surface area contributed by atoms with Crippen molar-refractivity contribution in [1.29, 1.82) is 0 Å². The Bertz CT molecular complexity index is 1090. The Balaban J connectivity index is 2.10. The highest BCUT2D eigenvalue weighted by molar-refractivity contribution is 6.25. The van der Waals surface area contributed by atoms with Crippen molar-refractivity contribution in [3.05, 3.63) is 41.2 Å². The van der Waals surface area contributed by atoms with E-state index in [0.717, 1.165) is 70.8 Å². The molecule has 7 heteroatoms. The van der Waals surface area contributed by atoms with Crippen LogP contribution in [0.5, 0.6) is 5.75 Å². The van der Waals surface area contributed by atoms with Gasteiger partial charge in [0.05, 0.1) is 18.5 Å². The number of Topliss-reactive ketones (excluding diaryl/α,β-unsaturated/α-hetero) is 1. The number of aryl methyl sites for hydroxylation is 1. The molecule has 1 aliphatic rings. The van der Waals surface area contributed by atoms with E-state index < -0.39 is 5.60 Å². The van der Waals surface area contributed by atoms with Crippen LogP contribution in [0.4, 0.5) is 11.4 Å². The van der Waals surface area contributed by atoms with Crippen LogP contribution in [0.1, 0.15) is 63.8 Å². The van der Waals surface area contributed by atoms with Crippen molar-refractivity contribution in [1.82, 2.24) is 4.98 Å². The monoisotopic (exact) mass is 495 g/mol. The van der Waals surface area contributed by atoms with Crippen LogP contribution in [-0.4, -0.2) is 50.5 Å². The normalized spacial score (nSPS) is 16.6. The lowest BCUT2D eigenvalue weighted by Gasteiger charge is -2.32. The molecule has 0 aliphatic carbocycles. The van der Waals surface area contributed by atoms with Crippen LogP contribution in [0.15, 0.2) is 24.4 Å². The average Bonchev–Trinajstić information content (AvgIpc) is 2.89. The maximum Gasteiger partial charge on any atom is 0.194 e. The molecule has 7 nitrogen and oxygen atoms in total. The largest absolute Gasteiger partial charge is 0.492 e. The Morgan fingerprint density at radius 1 is 1.22 bits per heavy atom. The highest BCUT2D eigenvalue weighted by atomic mass is 16.7. The first-order chi connectivity index (χ1) is 17.2. The zero-order valence-corrected chi connectivity index (χ0v) is 23.0. The number of ether oxygens (including phenoxy) is 3. The molecule has 1 aromatic heterocycles. The molecule has 3 rings (SSSR count). The smallest absolute Gasteiger partial charge is 0.194 e. The molecule has 2 aromatic rings. The Morgan fingerprint density at radius 2 is 1.89 bits per heavy atom. The maximum atomic E-state index is 13.9. The van der Waals surface area contributed by atoms with E-state index in [4.69, 9.17) is 19.2 Å². The third kappa shape index (κ3) is 5.57. The Hall–Kier alpha value is -2.90. The van der Waals surface area contributed by atoms with Crippen molar-refractivity contribution in [2.75, 3.05) is 38.4 Å². The first-order valence-electron chi connectivity index (χ1n) is 12.8. The van der Waals surface area contributed by atoms with E-state index >= 15 is 0 Å². The summed E-state index contributed by atoms with van der Waals surface area (Å²) in [5.41, 5.74) is 6.06. The summed E-state index contributed by atoms with van der Waals surface area (Å²) >= 11 is 0. The second-order valence-corrected chi connectivity index (χ2v) is 9.52. The van der Waals surface area contributed by atoms with Crippen molar-refractivity contribution in [3.8, 4) is 16.9 Å². The molecule has 1 saturated heterocycles. The number of pyridine rings is 1. The van der Waals surface area contributed by atoms with Gasteiger partial charge in [0, 0.05) is 49.3 Å². The number of methoxy groups -OCH3 is 1. The minimum Gasteiger partial charge on any atom is -0.492 e. The molecule has 1 aromatic carbocycles. The number of nitrogens with one attached hydrogen (secondary N) is 2. The zero-order chi connectivity index (χ0) is 26.5. The number of rotatable bonds is 10. The van der Waals surface area contributed by atoms with Gasteiger partial charge in [0.15, 0.2) is 17.8 Å². The summed E-state index contributed by atoms with van der Waals surface area (Å²) in [6.45, 7) is 10.3. The van der Waals surface area contributed by atoms with Crippen LogP contribution >= 0.6 is 0 Å². The molecule has 0 saturated carbocycles. The quantitative estimate of drug-likeness (QED) is 0.391. The van der Waals surface area contributed by atoms with Crippen LogP contribution < -0.4 is 15.4 Å². The van der Waals surface area contributed by atoms with Crippen LogP contribution in [0.25, 0.3) is 16.7 Å². The molecule has 2 heterocycles. The second kappa shape index (κ2) is 11.9. The SMILES string of the molecule is C/C=C(/C(=O)C(C)(C)OC1CCCCO1)c1c(C)ncc(-c2cc(NC)c(OC)c(NC)c2)c1CC. The van der Waals surface area contributed by atoms with E-state index in [-0.39, 0.29) is 12.1 Å². The van der Waals surface area contributed by atoms with Crippen molar-refractivity contribution in [3.63, 3.8) is 0 Å². The summed E-state index contributed by atoms with van der Waals surface area (Å²) in [5.74, 6) is 0.674. The molecule has 0 bridgehead atoms. The maximum absolute atomic E-state index is 13.9. The van der Waals surface area contributed by atoms with E-state index in [1.54, 1.807) is 7.11 Å². The first-order valence-corrected chi connectivity index (χ1v) is 12.8. The molecule has 0 amide bonds. The highest BCUT2D eigenvalue weighted by Gasteiger charge is 2.36. The van der Waals surface area contributed by atoms with Crippen LogP contribution in [-0.2, 0) is 20.7 Å². The van der Waals surface area contributed by atoms with Crippen molar-refractivity contribution in [2.45, 2.75) is 72.2 Å². The standard InChI is InChI=1S/C29H41N3O4/c1-9-20-22(19-15-23(30-6)27(34-8)24(16-19)31-7)17-32-18(3)26(20)21(10-2)28(33)29(4,5)36-25-13-11-12-14-35-25/h10,15-17,25,30-31H,9,11-14H2,1-8H3/b21-10+. The van der Waals surface area contributed by atoms with Crippen molar-refractivity contribution >= 4 is 22.7 Å². The molecule has 1 atom stereocenters. The third-order valence-electron chi connectivity index (χ3n) is 6.79. The average molecular weight is 496 g/mol. The predicted octanol–water partition coefficient (Wildman–Crippen LogP) is 6.01. The fourth-order valence-corrected chi connectivity index (χ4v) is 4.91. The first kappa shape index (κ1) is 27.7. The van der Waals surface area contributed by atoms with Gasteiger partial charge in [-0.25, -0.2) is 0 Å². The minimum absolute atomic E-state index is 0.0718. The zero-order valence-electron chi connectivity index (χ0n) is 23.0. The van der Waals surface area contributed by atoms with Gasteiger partial charge in [-0.2, -0.15) is 0 Å². The van der Waals surface area contributed by atoms with Gasteiger partial charge in [-0.1, -0.05) is 13.0 Å². The lowest BCUT2D eigenvalue weighted by atomic mass is 9.84. The van der Waals surface area contributed by atoms with E-state index in [9.17, 15) is 4.79 Å². The van der Waals surface area contributed by atoms with E-state index in [1.165, 1.54) is 0 Å². The van der Waals surface area contributed by atoms with Gasteiger partial charge in [-0.05, 0) is 76.6 Å². The fourth-order valence-electron chi connectivity index (χ4n) is 4.91. The van der Waals surface area contributed by atoms with Gasteiger partial charge in [0.2, 0.25) is 0 Å². The van der Waals surface area contributed by atoms with Crippen molar-refractivity contribution < 1.29 is 19.0 Å². The molecule has 0 spiro atoms. The van der Waals surface area contributed by atoms with Gasteiger partial charge in [-0.3, -0.25) is 9.78 Å². The molecule has 1 aliphatic heterocycles. The number of allylic oxidation sites excluding steroid dienone is 1. The number of ketones is 1. The number of carbonyl (C=O) groups is 1. The predicted molar refractivity (Wildman–Crippen MR) is 147 cm³/mol. The summed E-state index contributed by atoms with van der Waals surface area (Å²) in [7, 11) is 5.40. The van der Waals surface area contributed by atoms with Gasteiger partial charge in [0.25, 0.3) is 0 Å². The summed E-state index contributed by atoms with van der Waals surface area (Å²) in [5, 5.41) is 6.45.